The van der Waals surface area contributed by atoms with Gasteiger partial charge >= 0.3 is 0 Å². The molecule has 2 aromatic rings. The van der Waals surface area contributed by atoms with Crippen LogP contribution in [0, 0.1) is 5.92 Å². The van der Waals surface area contributed by atoms with Crippen LogP contribution in [0.3, 0.4) is 0 Å². The summed E-state index contributed by atoms with van der Waals surface area (Å²) in [5, 5.41) is 6.59. The molecule has 2 aliphatic rings. The highest BCUT2D eigenvalue weighted by atomic mass is 35.5. The lowest BCUT2D eigenvalue weighted by Gasteiger charge is -2.24. The standard InChI is InChI=1S/C22H27ClN4O2/c23-20-19-15-10-4-5-11-16(15)24-18(28)13-7-6-12-17(21(26-19)27-20)25-22(29)14-8-2-1-3-9-14/h4-5,10-11,14,17H,1-3,6-9,12-13H2,(H,24,28)(H,25,29)(H,26,27). The number of aromatic nitrogens is 2. The van der Waals surface area contributed by atoms with E-state index >= 15 is 0 Å². The molecule has 1 aliphatic carbocycles. The first kappa shape index (κ1) is 20.0. The summed E-state index contributed by atoms with van der Waals surface area (Å²) >= 11 is 6.49. The zero-order valence-corrected chi connectivity index (χ0v) is 17.2. The number of hydrogen-bond donors (Lipinski definition) is 3. The van der Waals surface area contributed by atoms with Crippen molar-refractivity contribution in [3.63, 3.8) is 0 Å². The van der Waals surface area contributed by atoms with Crippen LogP contribution in [0.2, 0.25) is 5.15 Å². The van der Waals surface area contributed by atoms with Crippen LogP contribution in [-0.4, -0.2) is 21.8 Å². The minimum atomic E-state index is -0.231. The molecule has 0 spiro atoms. The van der Waals surface area contributed by atoms with Gasteiger partial charge in [0, 0.05) is 17.9 Å². The highest BCUT2D eigenvalue weighted by molar-refractivity contribution is 6.32. The van der Waals surface area contributed by atoms with Crippen LogP contribution in [0.1, 0.15) is 69.7 Å². The van der Waals surface area contributed by atoms with Crippen molar-refractivity contribution in [1.29, 1.82) is 0 Å². The van der Waals surface area contributed by atoms with Gasteiger partial charge in [-0.1, -0.05) is 55.5 Å². The SMILES string of the molecule is O=C1CCCCC(NC(=O)C2CCCCC2)c2nc(c(Cl)[nH]2)-c2ccccc2N1. The Morgan fingerprint density at radius 1 is 1.07 bits per heavy atom. The van der Waals surface area contributed by atoms with Crippen LogP contribution < -0.4 is 10.6 Å². The van der Waals surface area contributed by atoms with Crippen molar-refractivity contribution in [3.8, 4) is 11.3 Å². The maximum atomic E-state index is 12.8. The third-order valence-electron chi connectivity index (χ3n) is 5.90. The quantitative estimate of drug-likeness (QED) is 0.647. The molecular weight excluding hydrogens is 388 g/mol. The number of aromatic amines is 1. The van der Waals surface area contributed by atoms with Gasteiger partial charge in [0.2, 0.25) is 11.8 Å². The number of carbonyl (C=O) groups excluding carboxylic acids is 2. The lowest BCUT2D eigenvalue weighted by Crippen LogP contribution is -2.35. The first-order valence-corrected chi connectivity index (χ1v) is 10.9. The van der Waals surface area contributed by atoms with Gasteiger partial charge in [-0.25, -0.2) is 4.98 Å². The largest absolute Gasteiger partial charge is 0.346 e. The number of halogens is 1. The van der Waals surface area contributed by atoms with Crippen LogP contribution in [0.4, 0.5) is 5.69 Å². The number of nitrogens with zero attached hydrogens (tertiary/aromatic N) is 1. The second kappa shape index (κ2) is 8.99. The van der Waals surface area contributed by atoms with E-state index in [1.54, 1.807) is 0 Å². The van der Waals surface area contributed by atoms with E-state index in [0.29, 0.717) is 28.8 Å². The normalized spacial score (nSPS) is 20.7. The highest BCUT2D eigenvalue weighted by Gasteiger charge is 2.27. The highest BCUT2D eigenvalue weighted by Crippen LogP contribution is 2.34. The maximum Gasteiger partial charge on any atom is 0.224 e. The molecule has 4 rings (SSSR count). The number of nitrogens with one attached hydrogen (secondary N) is 3. The van der Waals surface area contributed by atoms with E-state index in [0.717, 1.165) is 50.5 Å². The zero-order valence-electron chi connectivity index (χ0n) is 16.5. The molecule has 3 N–H and O–H groups in total. The Balaban J connectivity index is 1.64. The van der Waals surface area contributed by atoms with E-state index in [-0.39, 0.29) is 23.8 Å². The number of H-pyrrole nitrogens is 1. The molecule has 1 saturated carbocycles. The third-order valence-corrected chi connectivity index (χ3v) is 6.18. The average Bonchev–Trinajstić information content (AvgIpc) is 3.12. The number of carbonyl (C=O) groups is 2. The fourth-order valence-electron chi connectivity index (χ4n) is 4.29. The van der Waals surface area contributed by atoms with Crippen LogP contribution in [-0.2, 0) is 9.59 Å². The van der Waals surface area contributed by atoms with Crippen LogP contribution >= 0.6 is 11.6 Å². The second-order valence-electron chi connectivity index (χ2n) is 8.02. The first-order chi connectivity index (χ1) is 14.1. The van der Waals surface area contributed by atoms with Crippen LogP contribution in [0.15, 0.2) is 24.3 Å². The summed E-state index contributed by atoms with van der Waals surface area (Å²) < 4.78 is 0. The van der Waals surface area contributed by atoms with Gasteiger partial charge in [0.25, 0.3) is 0 Å². The molecule has 7 heteroatoms. The summed E-state index contributed by atoms with van der Waals surface area (Å²) in [4.78, 5) is 33.1. The Kier molecular flexibility index (Phi) is 6.19. The number of rotatable bonds is 2. The van der Waals surface area contributed by atoms with Crippen molar-refractivity contribution in [2.45, 2.75) is 63.8 Å². The van der Waals surface area contributed by atoms with Crippen molar-refractivity contribution in [3.05, 3.63) is 35.2 Å². The Morgan fingerprint density at radius 2 is 1.83 bits per heavy atom. The van der Waals surface area contributed by atoms with E-state index < -0.39 is 0 Å². The molecule has 2 heterocycles. The molecular formula is C22H27ClN4O2. The van der Waals surface area contributed by atoms with Gasteiger partial charge in [0.1, 0.15) is 16.7 Å². The minimum absolute atomic E-state index is 0.0207. The molecule has 1 atom stereocenters. The Labute approximate surface area is 175 Å². The number of imidazole rings is 1. The molecule has 2 amide bonds. The topological polar surface area (TPSA) is 86.9 Å². The van der Waals surface area contributed by atoms with Gasteiger partial charge in [-0.3, -0.25) is 9.59 Å². The van der Waals surface area contributed by atoms with Crippen molar-refractivity contribution in [2.24, 2.45) is 5.92 Å². The molecule has 6 nitrogen and oxygen atoms in total. The fourth-order valence-corrected chi connectivity index (χ4v) is 4.53. The van der Waals surface area contributed by atoms with Gasteiger partial charge in [0.05, 0.1) is 11.7 Å². The first-order valence-electron chi connectivity index (χ1n) is 10.6. The molecule has 154 valence electrons. The summed E-state index contributed by atoms with van der Waals surface area (Å²) in [6.45, 7) is 0. The zero-order chi connectivity index (χ0) is 20.2. The van der Waals surface area contributed by atoms with Crippen molar-refractivity contribution in [2.75, 3.05) is 5.32 Å². The predicted molar refractivity (Wildman–Crippen MR) is 114 cm³/mol. The number of para-hydroxylation sites is 1. The molecule has 0 saturated heterocycles. The van der Waals surface area contributed by atoms with E-state index in [1.807, 2.05) is 24.3 Å². The number of benzene rings is 1. The molecule has 29 heavy (non-hydrogen) atoms. The predicted octanol–water partition coefficient (Wildman–Crippen LogP) is 4.98. The molecule has 0 radical (unpaired) electrons. The third kappa shape index (κ3) is 4.64. The summed E-state index contributed by atoms with van der Waals surface area (Å²) in [5.74, 6) is 0.846. The minimum Gasteiger partial charge on any atom is -0.346 e. The van der Waals surface area contributed by atoms with E-state index in [9.17, 15) is 9.59 Å². The number of anilines is 1. The Bertz CT molecular complexity index is 889. The van der Waals surface area contributed by atoms with Crippen molar-refractivity contribution < 1.29 is 9.59 Å². The lowest BCUT2D eigenvalue weighted by molar-refractivity contribution is -0.126. The average molecular weight is 415 g/mol. The molecule has 2 bridgehead atoms. The number of amides is 2. The second-order valence-corrected chi connectivity index (χ2v) is 8.40. The van der Waals surface area contributed by atoms with E-state index in [4.69, 9.17) is 16.6 Å². The molecule has 1 unspecified atom stereocenters. The monoisotopic (exact) mass is 414 g/mol. The van der Waals surface area contributed by atoms with Gasteiger partial charge in [0.15, 0.2) is 0 Å². The lowest BCUT2D eigenvalue weighted by atomic mass is 9.88. The molecule has 1 aromatic heterocycles. The Hall–Kier alpha value is -2.34. The molecule has 1 aromatic carbocycles. The summed E-state index contributed by atoms with van der Waals surface area (Å²) in [6, 6.07) is 7.28. The number of hydrogen-bond acceptors (Lipinski definition) is 3. The van der Waals surface area contributed by atoms with E-state index in [2.05, 4.69) is 15.6 Å². The van der Waals surface area contributed by atoms with Gasteiger partial charge in [-0.05, 0) is 31.7 Å². The summed E-state index contributed by atoms with van der Waals surface area (Å²) in [5.41, 5.74) is 2.06. The van der Waals surface area contributed by atoms with Crippen LogP contribution in [0.5, 0.6) is 0 Å². The van der Waals surface area contributed by atoms with Crippen molar-refractivity contribution in [1.82, 2.24) is 15.3 Å². The smallest absolute Gasteiger partial charge is 0.224 e. The summed E-state index contributed by atoms with van der Waals surface area (Å²) in [6.07, 6.45) is 8.10. The maximum absolute atomic E-state index is 12.8. The van der Waals surface area contributed by atoms with Gasteiger partial charge < -0.3 is 15.6 Å². The van der Waals surface area contributed by atoms with Crippen LogP contribution in [0.25, 0.3) is 11.3 Å². The molecule has 1 fully saturated rings. The van der Waals surface area contributed by atoms with Gasteiger partial charge in [-0.2, -0.15) is 0 Å². The Morgan fingerprint density at radius 3 is 2.66 bits per heavy atom. The van der Waals surface area contributed by atoms with Crippen molar-refractivity contribution >= 4 is 29.1 Å². The fraction of sp³-hybridized carbons (Fsp3) is 0.500. The van der Waals surface area contributed by atoms with Gasteiger partial charge in [-0.15, -0.1) is 0 Å². The van der Waals surface area contributed by atoms with E-state index in [1.165, 1.54) is 6.42 Å². The molecule has 1 aliphatic heterocycles. The number of fused-ring (bicyclic) bond motifs is 4. The summed E-state index contributed by atoms with van der Waals surface area (Å²) in [7, 11) is 0.